The van der Waals surface area contributed by atoms with Gasteiger partial charge in [-0.25, -0.2) is 4.57 Å². The molecular weight excluding hydrogens is 326 g/mol. The van der Waals surface area contributed by atoms with E-state index in [4.69, 9.17) is 23.7 Å². The Morgan fingerprint density at radius 3 is 2.05 bits per heavy atom. The maximum Gasteiger partial charge on any atom is 0.391 e. The van der Waals surface area contributed by atoms with Crippen LogP contribution in [0.5, 0.6) is 11.5 Å². The van der Waals surface area contributed by atoms with Crippen molar-refractivity contribution in [3.63, 3.8) is 0 Å². The summed E-state index contributed by atoms with van der Waals surface area (Å²) >= 11 is 0. The maximum atomic E-state index is 10.7. The van der Waals surface area contributed by atoms with Crippen molar-refractivity contribution >= 4 is 16.9 Å². The van der Waals surface area contributed by atoms with Crippen LogP contribution in [0.4, 0.5) is 0 Å². The zero-order valence-electron chi connectivity index (χ0n) is 11.5. The van der Waals surface area contributed by atoms with Crippen LogP contribution in [0.25, 0.3) is 0 Å². The Morgan fingerprint density at radius 2 is 1.50 bits per heavy atom. The van der Waals surface area contributed by atoms with Gasteiger partial charge < -0.3 is 23.7 Å². The van der Waals surface area contributed by atoms with Crippen LogP contribution in [0.15, 0.2) is 48.5 Å². The highest BCUT2D eigenvalue weighted by Gasteiger charge is 2.04. The summed E-state index contributed by atoms with van der Waals surface area (Å²) in [5.41, 5.74) is 1.95. The van der Waals surface area contributed by atoms with Gasteiger partial charge in [-0.05, 0) is 48.2 Å². The van der Waals surface area contributed by atoms with Gasteiger partial charge in [-0.2, -0.15) is 0 Å². The van der Waals surface area contributed by atoms with Gasteiger partial charge in [0.1, 0.15) is 11.5 Å². The van der Waals surface area contributed by atoms with Crippen molar-refractivity contribution < 1.29 is 28.3 Å². The molecule has 0 amide bonds. The lowest BCUT2D eigenvalue weighted by Crippen LogP contribution is -1.93. The second-order valence-corrected chi connectivity index (χ2v) is 5.93. The monoisotopic (exact) mass is 342 g/mol. The van der Waals surface area contributed by atoms with Crippen molar-refractivity contribution in [3.8, 4) is 11.5 Å². The zero-order valence-corrected chi connectivity index (χ0v) is 13.4. The quantitative estimate of drug-likeness (QED) is 0.670. The smallest absolute Gasteiger partial charge is 0.391 e. The van der Waals surface area contributed by atoms with Crippen molar-refractivity contribution in [1.29, 1.82) is 0 Å². The Morgan fingerprint density at radius 1 is 0.955 bits per heavy atom. The third-order valence-electron chi connectivity index (χ3n) is 2.89. The van der Waals surface area contributed by atoms with E-state index in [2.05, 4.69) is 0 Å². The highest BCUT2D eigenvalue weighted by molar-refractivity contribution is 7.39. The minimum atomic E-state index is -3.00. The topological polar surface area (TPSA) is 96.2 Å². The van der Waals surface area contributed by atoms with Crippen LogP contribution in [0.1, 0.15) is 11.1 Å². The molecule has 0 aliphatic carbocycles. The van der Waals surface area contributed by atoms with E-state index in [-0.39, 0.29) is 0 Å². The van der Waals surface area contributed by atoms with Crippen LogP contribution in [-0.4, -0.2) is 14.7 Å². The first-order valence-corrected chi connectivity index (χ1v) is 8.90. The first-order chi connectivity index (χ1) is 10.5. The van der Waals surface area contributed by atoms with E-state index in [0.29, 0.717) is 24.3 Å². The Bertz CT molecular complexity index is 647. The van der Waals surface area contributed by atoms with E-state index >= 15 is 0 Å². The van der Waals surface area contributed by atoms with Crippen molar-refractivity contribution in [2.24, 2.45) is 0 Å². The number of rotatable bonds is 7. The van der Waals surface area contributed by atoms with E-state index in [9.17, 15) is 4.57 Å². The average Bonchev–Trinajstić information content (AvgIpc) is 2.44. The van der Waals surface area contributed by atoms with Gasteiger partial charge in [-0.15, -0.1) is 0 Å². The predicted molar refractivity (Wildman–Crippen MR) is 84.1 cm³/mol. The second-order valence-electron chi connectivity index (χ2n) is 4.51. The van der Waals surface area contributed by atoms with E-state index in [1.54, 1.807) is 36.4 Å². The van der Waals surface area contributed by atoms with Gasteiger partial charge in [0.15, 0.2) is 0 Å². The average molecular weight is 342 g/mol. The lowest BCUT2D eigenvalue weighted by Gasteiger charge is -2.08. The molecule has 2 aromatic rings. The number of aryl methyl sites for hydroxylation is 2. The Hall–Kier alpha value is -1.42. The molecule has 0 fully saturated rings. The van der Waals surface area contributed by atoms with Gasteiger partial charge in [-0.3, -0.25) is 0 Å². The van der Waals surface area contributed by atoms with Crippen LogP contribution in [0, 0.1) is 0 Å². The summed E-state index contributed by atoms with van der Waals surface area (Å²) in [6.45, 7) is 0. The molecule has 6 nitrogen and oxygen atoms in total. The fourth-order valence-electron chi connectivity index (χ4n) is 2.01. The van der Waals surface area contributed by atoms with Crippen molar-refractivity contribution in [3.05, 3.63) is 59.7 Å². The van der Waals surface area contributed by atoms with E-state index in [1.165, 1.54) is 0 Å². The van der Waals surface area contributed by atoms with Crippen LogP contribution in [0.2, 0.25) is 0 Å². The molecule has 2 aromatic carbocycles. The fourth-order valence-corrected chi connectivity index (χ4v) is 2.64. The molecule has 0 aliphatic rings. The van der Waals surface area contributed by atoms with Gasteiger partial charge in [0.05, 0.1) is 0 Å². The Balaban J connectivity index is 1.99. The third-order valence-corrected chi connectivity index (χ3v) is 3.68. The van der Waals surface area contributed by atoms with E-state index < -0.39 is 16.9 Å². The molecule has 0 saturated heterocycles. The van der Waals surface area contributed by atoms with Gasteiger partial charge in [0, 0.05) is 0 Å². The highest BCUT2D eigenvalue weighted by atomic mass is 31.2. The normalized spacial score (nSPS) is 12.2. The molecular formula is C14H16O6P2. The summed E-state index contributed by atoms with van der Waals surface area (Å²) in [5, 5.41) is 0. The van der Waals surface area contributed by atoms with Crippen LogP contribution < -0.4 is 9.05 Å². The molecule has 0 heterocycles. The molecule has 1 atom stereocenters. The molecule has 8 heteroatoms. The van der Waals surface area contributed by atoms with Crippen molar-refractivity contribution in [2.45, 2.75) is 12.8 Å². The first kappa shape index (κ1) is 16.9. The van der Waals surface area contributed by atoms with Crippen LogP contribution >= 0.6 is 16.9 Å². The molecule has 0 spiro atoms. The van der Waals surface area contributed by atoms with Gasteiger partial charge in [-0.1, -0.05) is 24.3 Å². The highest BCUT2D eigenvalue weighted by Crippen LogP contribution is 2.29. The van der Waals surface area contributed by atoms with E-state index in [0.717, 1.165) is 11.1 Å². The Labute approximate surface area is 129 Å². The molecule has 0 bridgehead atoms. The predicted octanol–water partition coefficient (Wildman–Crippen LogP) is 2.82. The summed E-state index contributed by atoms with van der Waals surface area (Å²) < 4.78 is 20.4. The summed E-state index contributed by atoms with van der Waals surface area (Å²) in [4.78, 5) is 26.5. The standard InChI is InChI=1S/C14H16O6P2/c15-21(16)19-13-5-1-3-11(9-13)7-8-12-4-2-6-14(10-12)20-22(17)18/h1-6,9-10,15-16,22H,7-8H2,(H,17,18). The van der Waals surface area contributed by atoms with Gasteiger partial charge in [0.25, 0.3) is 0 Å². The van der Waals surface area contributed by atoms with Gasteiger partial charge in [0.2, 0.25) is 0 Å². The minimum Gasteiger partial charge on any atom is -0.427 e. The molecule has 0 saturated carbocycles. The molecule has 22 heavy (non-hydrogen) atoms. The SMILES string of the molecule is O=[PH](O)Oc1cccc(CCc2cccc(OP(O)O)c2)c1. The minimum absolute atomic E-state index is 0.368. The van der Waals surface area contributed by atoms with Crippen molar-refractivity contribution in [2.75, 3.05) is 0 Å². The Kier molecular flexibility index (Phi) is 6.37. The molecule has 0 aliphatic heterocycles. The van der Waals surface area contributed by atoms with Crippen LogP contribution in [-0.2, 0) is 17.4 Å². The van der Waals surface area contributed by atoms with Crippen molar-refractivity contribution in [1.82, 2.24) is 0 Å². The molecule has 1 unspecified atom stereocenters. The third kappa shape index (κ3) is 5.76. The summed E-state index contributed by atoms with van der Waals surface area (Å²) in [6.07, 6.45) is 1.42. The first-order valence-electron chi connectivity index (χ1n) is 6.47. The molecule has 118 valence electrons. The summed E-state index contributed by atoms with van der Waals surface area (Å²) in [6, 6.07) is 14.1. The number of benzene rings is 2. The molecule has 0 aromatic heterocycles. The van der Waals surface area contributed by atoms with Crippen LogP contribution in [0.3, 0.4) is 0 Å². The molecule has 3 N–H and O–H groups in total. The largest absolute Gasteiger partial charge is 0.427 e. The fraction of sp³-hybridized carbons (Fsp3) is 0.143. The lowest BCUT2D eigenvalue weighted by atomic mass is 10.0. The summed E-state index contributed by atoms with van der Waals surface area (Å²) in [7, 11) is -5.42. The number of hydrogen-bond acceptors (Lipinski definition) is 5. The maximum absolute atomic E-state index is 10.7. The number of hydrogen-bond donors (Lipinski definition) is 3. The summed E-state index contributed by atoms with van der Waals surface area (Å²) in [5.74, 6) is 0.775. The lowest BCUT2D eigenvalue weighted by molar-refractivity contribution is 0.375. The molecule has 0 radical (unpaired) electrons. The van der Waals surface area contributed by atoms with E-state index in [1.807, 2.05) is 12.1 Å². The zero-order chi connectivity index (χ0) is 15.9. The van der Waals surface area contributed by atoms with Gasteiger partial charge >= 0.3 is 16.9 Å². The molecule has 2 rings (SSSR count). The second kappa shape index (κ2) is 8.28.